The van der Waals surface area contributed by atoms with E-state index in [0.29, 0.717) is 21.3 Å². The number of carbonyl (C=O) groups is 1. The first kappa shape index (κ1) is 14.9. The van der Waals surface area contributed by atoms with Crippen molar-refractivity contribution in [1.29, 1.82) is 0 Å². The van der Waals surface area contributed by atoms with Crippen LogP contribution in [0.5, 0.6) is 5.75 Å². The van der Waals surface area contributed by atoms with E-state index in [1.54, 1.807) is 13.2 Å². The third-order valence-corrected chi connectivity index (χ3v) is 4.97. The van der Waals surface area contributed by atoms with E-state index in [4.69, 9.17) is 16.3 Å². The smallest absolute Gasteiger partial charge is 0.267 e. The van der Waals surface area contributed by atoms with Gasteiger partial charge in [-0.05, 0) is 30.7 Å². The van der Waals surface area contributed by atoms with Gasteiger partial charge in [-0.3, -0.25) is 4.79 Å². The molecule has 0 bridgehead atoms. The van der Waals surface area contributed by atoms with Crippen molar-refractivity contribution in [1.82, 2.24) is 0 Å². The SMILES string of the molecule is COc1cccc(NC(=O)c2sc3cc(C)ccc3c2Cl)c1. The Morgan fingerprint density at radius 3 is 2.82 bits per heavy atom. The highest BCUT2D eigenvalue weighted by Gasteiger charge is 2.17. The highest BCUT2D eigenvalue weighted by atomic mass is 35.5. The Balaban J connectivity index is 1.93. The number of carbonyl (C=O) groups excluding carboxylic acids is 1. The average Bonchev–Trinajstić information content (AvgIpc) is 2.84. The van der Waals surface area contributed by atoms with Gasteiger partial charge in [-0.25, -0.2) is 0 Å². The molecule has 0 radical (unpaired) electrons. The van der Waals surface area contributed by atoms with E-state index in [1.165, 1.54) is 11.3 Å². The number of hydrogen-bond acceptors (Lipinski definition) is 3. The molecule has 0 saturated heterocycles. The Morgan fingerprint density at radius 2 is 2.05 bits per heavy atom. The molecule has 1 heterocycles. The number of thiophene rings is 1. The highest BCUT2D eigenvalue weighted by Crippen LogP contribution is 2.36. The molecule has 0 saturated carbocycles. The quantitative estimate of drug-likeness (QED) is 0.723. The third-order valence-electron chi connectivity index (χ3n) is 3.32. The molecule has 1 amide bonds. The average molecular weight is 332 g/mol. The Morgan fingerprint density at radius 1 is 1.23 bits per heavy atom. The summed E-state index contributed by atoms with van der Waals surface area (Å²) in [5, 5.41) is 4.27. The molecular weight excluding hydrogens is 318 g/mol. The molecule has 5 heteroatoms. The van der Waals surface area contributed by atoms with Crippen LogP contribution in [0.15, 0.2) is 42.5 Å². The second-order valence-corrected chi connectivity index (χ2v) is 6.36. The molecule has 0 spiro atoms. The number of nitrogens with one attached hydrogen (secondary N) is 1. The fourth-order valence-electron chi connectivity index (χ4n) is 2.21. The van der Waals surface area contributed by atoms with Crippen LogP contribution in [0, 0.1) is 6.92 Å². The van der Waals surface area contributed by atoms with E-state index in [2.05, 4.69) is 5.32 Å². The number of hydrogen-bond donors (Lipinski definition) is 1. The van der Waals surface area contributed by atoms with E-state index in [0.717, 1.165) is 15.6 Å². The summed E-state index contributed by atoms with van der Waals surface area (Å²) >= 11 is 7.75. The van der Waals surface area contributed by atoms with Crippen molar-refractivity contribution in [2.45, 2.75) is 6.92 Å². The number of fused-ring (bicyclic) bond motifs is 1. The van der Waals surface area contributed by atoms with Gasteiger partial charge in [-0.2, -0.15) is 0 Å². The van der Waals surface area contributed by atoms with Crippen LogP contribution in [0.25, 0.3) is 10.1 Å². The Bertz CT molecular complexity index is 857. The lowest BCUT2D eigenvalue weighted by atomic mass is 10.2. The first-order chi connectivity index (χ1) is 10.6. The highest BCUT2D eigenvalue weighted by molar-refractivity contribution is 7.21. The molecular formula is C17H14ClNO2S. The summed E-state index contributed by atoms with van der Waals surface area (Å²) in [5.74, 6) is 0.480. The predicted molar refractivity (Wildman–Crippen MR) is 92.5 cm³/mol. The summed E-state index contributed by atoms with van der Waals surface area (Å²) in [4.78, 5) is 13.0. The molecule has 0 aliphatic carbocycles. The number of methoxy groups -OCH3 is 1. The molecule has 22 heavy (non-hydrogen) atoms. The van der Waals surface area contributed by atoms with E-state index in [-0.39, 0.29) is 5.91 Å². The molecule has 3 rings (SSSR count). The van der Waals surface area contributed by atoms with Gasteiger partial charge in [-0.15, -0.1) is 11.3 Å². The second kappa shape index (κ2) is 5.99. The standard InChI is InChI=1S/C17H14ClNO2S/c1-10-6-7-13-14(8-10)22-16(15(13)18)17(20)19-11-4-3-5-12(9-11)21-2/h3-9H,1-2H3,(H,19,20). The van der Waals surface area contributed by atoms with Gasteiger partial charge < -0.3 is 10.1 Å². The minimum absolute atomic E-state index is 0.211. The van der Waals surface area contributed by atoms with Crippen molar-refractivity contribution in [2.75, 3.05) is 12.4 Å². The summed E-state index contributed by atoms with van der Waals surface area (Å²) in [6.45, 7) is 2.02. The van der Waals surface area contributed by atoms with Crippen molar-refractivity contribution < 1.29 is 9.53 Å². The minimum atomic E-state index is -0.211. The Hall–Kier alpha value is -2.04. The summed E-state index contributed by atoms with van der Waals surface area (Å²) < 4.78 is 6.17. The van der Waals surface area contributed by atoms with E-state index < -0.39 is 0 Å². The summed E-state index contributed by atoms with van der Waals surface area (Å²) in [6.07, 6.45) is 0. The van der Waals surface area contributed by atoms with Gasteiger partial charge in [0.25, 0.3) is 5.91 Å². The Kier molecular flexibility index (Phi) is 4.05. The fraction of sp³-hybridized carbons (Fsp3) is 0.118. The summed E-state index contributed by atoms with van der Waals surface area (Å²) in [5.41, 5.74) is 1.82. The van der Waals surface area contributed by atoms with Crippen LogP contribution in [0.4, 0.5) is 5.69 Å². The van der Waals surface area contributed by atoms with Crippen LogP contribution in [-0.2, 0) is 0 Å². The van der Waals surface area contributed by atoms with E-state index >= 15 is 0 Å². The Labute approximate surface area is 137 Å². The fourth-order valence-corrected chi connectivity index (χ4v) is 3.72. The number of ether oxygens (including phenoxy) is 1. The van der Waals surface area contributed by atoms with E-state index in [9.17, 15) is 4.79 Å². The molecule has 1 N–H and O–H groups in total. The molecule has 0 aliphatic rings. The minimum Gasteiger partial charge on any atom is -0.497 e. The summed E-state index contributed by atoms with van der Waals surface area (Å²) in [6, 6.07) is 13.2. The lowest BCUT2D eigenvalue weighted by Gasteiger charge is -2.06. The normalized spacial score (nSPS) is 10.7. The molecule has 0 unspecified atom stereocenters. The van der Waals surface area contributed by atoms with Crippen molar-refractivity contribution in [3.8, 4) is 5.75 Å². The van der Waals surface area contributed by atoms with Gasteiger partial charge in [0.1, 0.15) is 10.6 Å². The van der Waals surface area contributed by atoms with E-state index in [1.807, 2.05) is 43.3 Å². The lowest BCUT2D eigenvalue weighted by Crippen LogP contribution is -2.10. The van der Waals surface area contributed by atoms with Crippen LogP contribution in [-0.4, -0.2) is 13.0 Å². The van der Waals surface area contributed by atoms with Crippen molar-refractivity contribution in [3.05, 3.63) is 57.9 Å². The number of halogens is 1. The maximum absolute atomic E-state index is 12.5. The largest absolute Gasteiger partial charge is 0.497 e. The van der Waals surface area contributed by atoms with Crippen molar-refractivity contribution in [3.63, 3.8) is 0 Å². The zero-order valence-electron chi connectivity index (χ0n) is 12.1. The van der Waals surface area contributed by atoms with Gasteiger partial charge in [0.2, 0.25) is 0 Å². The second-order valence-electron chi connectivity index (χ2n) is 4.93. The number of rotatable bonds is 3. The topological polar surface area (TPSA) is 38.3 Å². The number of benzene rings is 2. The predicted octanol–water partition coefficient (Wildman–Crippen LogP) is 5.12. The zero-order chi connectivity index (χ0) is 15.7. The maximum Gasteiger partial charge on any atom is 0.267 e. The van der Waals surface area contributed by atoms with Crippen LogP contribution >= 0.6 is 22.9 Å². The van der Waals surface area contributed by atoms with Gasteiger partial charge in [0.15, 0.2) is 0 Å². The first-order valence-corrected chi connectivity index (χ1v) is 7.92. The number of aryl methyl sites for hydroxylation is 1. The molecule has 0 fully saturated rings. The summed E-state index contributed by atoms with van der Waals surface area (Å²) in [7, 11) is 1.59. The van der Waals surface area contributed by atoms with Crippen molar-refractivity contribution >= 4 is 44.6 Å². The molecule has 2 aromatic carbocycles. The van der Waals surface area contributed by atoms with Crippen LogP contribution in [0.1, 0.15) is 15.2 Å². The number of anilines is 1. The maximum atomic E-state index is 12.5. The monoisotopic (exact) mass is 331 g/mol. The van der Waals surface area contributed by atoms with Gasteiger partial charge in [0.05, 0.1) is 12.1 Å². The molecule has 0 atom stereocenters. The van der Waals surface area contributed by atoms with Gasteiger partial charge in [-0.1, -0.05) is 29.8 Å². The molecule has 1 aromatic heterocycles. The lowest BCUT2D eigenvalue weighted by molar-refractivity contribution is 0.103. The number of amides is 1. The molecule has 0 aliphatic heterocycles. The zero-order valence-corrected chi connectivity index (χ0v) is 13.7. The van der Waals surface area contributed by atoms with Gasteiger partial charge in [0, 0.05) is 21.8 Å². The molecule has 3 aromatic rings. The van der Waals surface area contributed by atoms with Crippen molar-refractivity contribution in [2.24, 2.45) is 0 Å². The van der Waals surface area contributed by atoms with Gasteiger partial charge >= 0.3 is 0 Å². The van der Waals surface area contributed by atoms with Crippen LogP contribution in [0.2, 0.25) is 5.02 Å². The molecule has 3 nitrogen and oxygen atoms in total. The van der Waals surface area contributed by atoms with Crippen LogP contribution in [0.3, 0.4) is 0 Å². The first-order valence-electron chi connectivity index (χ1n) is 6.72. The van der Waals surface area contributed by atoms with Crippen LogP contribution < -0.4 is 10.1 Å². The third kappa shape index (κ3) is 2.80. The molecule has 112 valence electrons.